The van der Waals surface area contributed by atoms with Crippen LogP contribution in [-0.2, 0) is 4.79 Å². The first-order valence-corrected chi connectivity index (χ1v) is 8.16. The van der Waals surface area contributed by atoms with Crippen LogP contribution in [0.5, 0.6) is 5.75 Å². The number of ether oxygens (including phenoxy) is 1. The largest absolute Gasteiger partial charge is 0.496 e. The van der Waals surface area contributed by atoms with Gasteiger partial charge in [0.05, 0.1) is 12.8 Å². The molecule has 1 amide bonds. The molecule has 0 atom stereocenters. The Kier molecular flexibility index (Phi) is 6.06. The maximum Gasteiger partial charge on any atom is 0.269 e. The Morgan fingerprint density at radius 2 is 1.92 bits per heavy atom. The van der Waals surface area contributed by atoms with E-state index in [0.29, 0.717) is 29.0 Å². The number of carbonyl (C=O) groups is 1. The highest BCUT2D eigenvalue weighted by Gasteiger charge is 2.17. The van der Waals surface area contributed by atoms with E-state index in [1.807, 2.05) is 6.92 Å². The van der Waals surface area contributed by atoms with Crippen LogP contribution < -0.4 is 27.3 Å². The summed E-state index contributed by atoms with van der Waals surface area (Å²) in [5.41, 5.74) is 19.8. The molecule has 0 aliphatic carbocycles. The molecule has 0 saturated heterocycles. The van der Waals surface area contributed by atoms with Crippen molar-refractivity contribution >= 4 is 17.3 Å². The zero-order valence-electron chi connectivity index (χ0n) is 14.8. The highest BCUT2D eigenvalue weighted by atomic mass is 19.1. The molecule has 0 bridgehead atoms. The molecule has 0 radical (unpaired) electrons. The van der Waals surface area contributed by atoms with E-state index in [0.717, 1.165) is 6.42 Å². The van der Waals surface area contributed by atoms with Gasteiger partial charge < -0.3 is 27.3 Å². The number of anilines is 1. The Bertz CT molecular complexity index is 849. The molecule has 7 heteroatoms. The highest BCUT2D eigenvalue weighted by molar-refractivity contribution is 6.01. The van der Waals surface area contributed by atoms with Crippen molar-refractivity contribution in [1.29, 1.82) is 0 Å². The summed E-state index contributed by atoms with van der Waals surface area (Å²) in [5, 5.41) is 2.66. The van der Waals surface area contributed by atoms with Gasteiger partial charge in [0, 0.05) is 28.9 Å². The van der Waals surface area contributed by atoms with Gasteiger partial charge in [-0.05, 0) is 24.6 Å². The summed E-state index contributed by atoms with van der Waals surface area (Å²) in [6.45, 7) is 2.42. The predicted octanol–water partition coefficient (Wildman–Crippen LogP) is 2.20. The molecule has 0 aliphatic rings. The number of nitrogens with one attached hydrogen (secondary N) is 1. The van der Waals surface area contributed by atoms with Crippen LogP contribution in [0.2, 0.25) is 0 Å². The van der Waals surface area contributed by atoms with Crippen molar-refractivity contribution in [3.05, 3.63) is 53.5 Å². The summed E-state index contributed by atoms with van der Waals surface area (Å²) in [6.07, 6.45) is 0.774. The third-order valence-corrected chi connectivity index (χ3v) is 3.92. The number of amides is 1. The number of carbonyl (C=O) groups excluding carboxylic acids is 1. The van der Waals surface area contributed by atoms with E-state index in [-0.39, 0.29) is 17.1 Å². The van der Waals surface area contributed by atoms with Crippen molar-refractivity contribution in [1.82, 2.24) is 5.32 Å². The molecule has 0 spiro atoms. The second-order valence-electron chi connectivity index (χ2n) is 5.69. The molecule has 6 nitrogen and oxygen atoms in total. The van der Waals surface area contributed by atoms with Crippen LogP contribution in [-0.4, -0.2) is 19.6 Å². The molecule has 0 heterocycles. The molecule has 2 rings (SSSR count). The summed E-state index contributed by atoms with van der Waals surface area (Å²) in [4.78, 5) is 12.0. The van der Waals surface area contributed by atoms with Gasteiger partial charge >= 0.3 is 0 Å². The normalized spacial score (nSPS) is 11.7. The van der Waals surface area contributed by atoms with Gasteiger partial charge in [0.2, 0.25) is 0 Å². The summed E-state index contributed by atoms with van der Waals surface area (Å²) >= 11 is 0. The van der Waals surface area contributed by atoms with Crippen molar-refractivity contribution in [2.45, 2.75) is 13.3 Å². The van der Waals surface area contributed by atoms with E-state index in [9.17, 15) is 9.18 Å². The summed E-state index contributed by atoms with van der Waals surface area (Å²) in [7, 11) is 1.49. The van der Waals surface area contributed by atoms with Gasteiger partial charge in [-0.15, -0.1) is 0 Å². The van der Waals surface area contributed by atoms with Gasteiger partial charge in [0.25, 0.3) is 5.91 Å². The van der Waals surface area contributed by atoms with E-state index in [2.05, 4.69) is 5.32 Å². The van der Waals surface area contributed by atoms with Crippen LogP contribution in [0.4, 0.5) is 10.1 Å². The van der Waals surface area contributed by atoms with Gasteiger partial charge in [0.1, 0.15) is 17.3 Å². The molecule has 0 fully saturated rings. The Morgan fingerprint density at radius 3 is 2.58 bits per heavy atom. The van der Waals surface area contributed by atoms with Crippen molar-refractivity contribution in [2.24, 2.45) is 11.5 Å². The molecule has 26 heavy (non-hydrogen) atoms. The number of methoxy groups -OCH3 is 1. The number of nitrogens with two attached hydrogens (primary N) is 3. The number of hydrogen-bond donors (Lipinski definition) is 4. The molecule has 0 saturated carbocycles. The molecule has 2 aromatic rings. The van der Waals surface area contributed by atoms with Crippen molar-refractivity contribution in [3.8, 4) is 16.9 Å². The van der Waals surface area contributed by atoms with Crippen molar-refractivity contribution < 1.29 is 13.9 Å². The molecule has 0 aromatic heterocycles. The maximum absolute atomic E-state index is 13.7. The molecule has 0 unspecified atom stereocenters. The Labute approximate surface area is 151 Å². The predicted molar refractivity (Wildman–Crippen MR) is 101 cm³/mol. The fourth-order valence-electron chi connectivity index (χ4n) is 2.53. The zero-order valence-corrected chi connectivity index (χ0v) is 14.8. The molecule has 7 N–H and O–H groups in total. The Hall–Kier alpha value is -3.22. The smallest absolute Gasteiger partial charge is 0.269 e. The van der Waals surface area contributed by atoms with Crippen molar-refractivity contribution in [2.75, 3.05) is 19.4 Å². The zero-order chi connectivity index (χ0) is 19.3. The van der Waals surface area contributed by atoms with Gasteiger partial charge in [-0.3, -0.25) is 4.79 Å². The summed E-state index contributed by atoms with van der Waals surface area (Å²) in [6, 6.07) is 9.22. The third-order valence-electron chi connectivity index (χ3n) is 3.92. The standard InChI is InChI=1S/C19H23FN4O2/c1-3-9-24-19(25)18(23)17(22)13-6-4-5-12(16(13)21)14-10-11(20)7-8-15(14)26-2/h4-8,10H,3,9,21-23H2,1-2H3,(H,24,25)/b18-17+. The molecular weight excluding hydrogens is 335 g/mol. The molecule has 138 valence electrons. The van der Waals surface area contributed by atoms with E-state index >= 15 is 0 Å². The highest BCUT2D eigenvalue weighted by Crippen LogP contribution is 2.37. The second-order valence-corrected chi connectivity index (χ2v) is 5.69. The first-order chi connectivity index (χ1) is 12.4. The van der Waals surface area contributed by atoms with Crippen LogP contribution in [0.15, 0.2) is 42.1 Å². The lowest BCUT2D eigenvalue weighted by atomic mass is 9.97. The average Bonchev–Trinajstić information content (AvgIpc) is 2.65. The fraction of sp³-hybridized carbons (Fsp3) is 0.211. The lowest BCUT2D eigenvalue weighted by Gasteiger charge is -2.15. The first-order valence-electron chi connectivity index (χ1n) is 8.16. The van der Waals surface area contributed by atoms with E-state index in [4.69, 9.17) is 21.9 Å². The van der Waals surface area contributed by atoms with E-state index in [1.165, 1.54) is 25.3 Å². The van der Waals surface area contributed by atoms with Gasteiger partial charge in [-0.2, -0.15) is 0 Å². The summed E-state index contributed by atoms with van der Waals surface area (Å²) in [5.74, 6) is -0.420. The third kappa shape index (κ3) is 3.88. The van der Waals surface area contributed by atoms with Gasteiger partial charge in [-0.25, -0.2) is 4.39 Å². The lowest BCUT2D eigenvalue weighted by molar-refractivity contribution is -0.117. The van der Waals surface area contributed by atoms with Crippen LogP contribution in [0.3, 0.4) is 0 Å². The van der Waals surface area contributed by atoms with Crippen LogP contribution in [0.1, 0.15) is 18.9 Å². The van der Waals surface area contributed by atoms with Gasteiger partial charge in [0.15, 0.2) is 0 Å². The summed E-state index contributed by atoms with van der Waals surface area (Å²) < 4.78 is 19.0. The average molecular weight is 358 g/mol. The minimum absolute atomic E-state index is 0.0633. The number of rotatable bonds is 6. The lowest BCUT2D eigenvalue weighted by Crippen LogP contribution is -2.31. The fourth-order valence-corrected chi connectivity index (χ4v) is 2.53. The van der Waals surface area contributed by atoms with E-state index in [1.54, 1.807) is 18.2 Å². The monoisotopic (exact) mass is 358 g/mol. The minimum Gasteiger partial charge on any atom is -0.496 e. The minimum atomic E-state index is -0.461. The number of halogens is 1. The quantitative estimate of drug-likeness (QED) is 0.467. The molecule has 0 aliphatic heterocycles. The van der Waals surface area contributed by atoms with Crippen LogP contribution >= 0.6 is 0 Å². The van der Waals surface area contributed by atoms with Crippen LogP contribution in [0.25, 0.3) is 16.8 Å². The number of nitrogen functional groups attached to an aromatic ring is 1. The van der Waals surface area contributed by atoms with Crippen LogP contribution in [0, 0.1) is 5.82 Å². The Balaban J connectivity index is 2.54. The molecular formula is C19H23FN4O2. The topological polar surface area (TPSA) is 116 Å². The number of hydrogen-bond acceptors (Lipinski definition) is 5. The van der Waals surface area contributed by atoms with Gasteiger partial charge in [-0.1, -0.05) is 25.1 Å². The number of para-hydroxylation sites is 1. The van der Waals surface area contributed by atoms with Crippen molar-refractivity contribution in [3.63, 3.8) is 0 Å². The molecule has 2 aromatic carbocycles. The number of benzene rings is 2. The maximum atomic E-state index is 13.7. The Morgan fingerprint density at radius 1 is 1.19 bits per heavy atom. The first kappa shape index (κ1) is 19.1. The second kappa shape index (κ2) is 8.24. The SMILES string of the molecule is CCCNC(=O)/C(N)=C(\N)c1cccc(-c2cc(F)ccc2OC)c1N. The van der Waals surface area contributed by atoms with E-state index < -0.39 is 11.7 Å².